The van der Waals surface area contributed by atoms with Gasteiger partial charge in [0.05, 0.1) is 14.2 Å². The van der Waals surface area contributed by atoms with Crippen LogP contribution in [0.1, 0.15) is 10.5 Å². The molecule has 2 aromatic rings. The minimum atomic E-state index is -0.225. The fraction of sp³-hybridized carbons (Fsp3) is 0.200. The fourth-order valence-electron chi connectivity index (χ4n) is 1.73. The monoisotopic (exact) mass is 319 g/mol. The minimum absolute atomic E-state index is 0.225. The summed E-state index contributed by atoms with van der Waals surface area (Å²) < 4.78 is 10.4. The molecule has 0 bridgehead atoms. The maximum Gasteiger partial charge on any atom is 0.271 e. The lowest BCUT2D eigenvalue weighted by Crippen LogP contribution is -2.23. The molecule has 0 radical (unpaired) electrons. The van der Waals surface area contributed by atoms with Crippen molar-refractivity contribution >= 4 is 28.1 Å². The molecular formula is C15H17N3O3S. The SMILES string of the molecule is C=CCNC(=O)c1csc(Nc2ccc(OC)c(OC)c2)n1. The zero-order valence-electron chi connectivity index (χ0n) is 12.4. The molecule has 0 unspecified atom stereocenters. The molecule has 1 amide bonds. The second-order valence-electron chi connectivity index (χ2n) is 4.23. The van der Waals surface area contributed by atoms with E-state index in [-0.39, 0.29) is 5.91 Å². The molecule has 116 valence electrons. The Morgan fingerprint density at radius 1 is 1.36 bits per heavy atom. The molecule has 0 aliphatic carbocycles. The summed E-state index contributed by atoms with van der Waals surface area (Å²) in [6, 6.07) is 5.45. The number of anilines is 2. The number of aromatic nitrogens is 1. The first-order chi connectivity index (χ1) is 10.7. The van der Waals surface area contributed by atoms with Gasteiger partial charge in [-0.3, -0.25) is 4.79 Å². The molecule has 1 aromatic heterocycles. The van der Waals surface area contributed by atoms with Crippen molar-refractivity contribution in [2.45, 2.75) is 0 Å². The van der Waals surface area contributed by atoms with Crippen molar-refractivity contribution in [2.24, 2.45) is 0 Å². The topological polar surface area (TPSA) is 72.5 Å². The van der Waals surface area contributed by atoms with E-state index in [1.54, 1.807) is 37.8 Å². The van der Waals surface area contributed by atoms with Crippen LogP contribution in [-0.2, 0) is 0 Å². The van der Waals surface area contributed by atoms with Crippen LogP contribution in [0.15, 0.2) is 36.2 Å². The van der Waals surface area contributed by atoms with E-state index in [2.05, 4.69) is 22.2 Å². The van der Waals surface area contributed by atoms with Gasteiger partial charge in [-0.2, -0.15) is 0 Å². The molecule has 0 aliphatic heterocycles. The Bertz CT molecular complexity index is 670. The van der Waals surface area contributed by atoms with Crippen molar-refractivity contribution in [3.05, 3.63) is 41.9 Å². The molecule has 7 heteroatoms. The van der Waals surface area contributed by atoms with Gasteiger partial charge in [0, 0.05) is 23.7 Å². The summed E-state index contributed by atoms with van der Waals surface area (Å²) in [5.74, 6) is 1.04. The molecule has 2 rings (SSSR count). The second-order valence-corrected chi connectivity index (χ2v) is 5.09. The van der Waals surface area contributed by atoms with Crippen LogP contribution in [0.2, 0.25) is 0 Å². The van der Waals surface area contributed by atoms with Gasteiger partial charge in [0.15, 0.2) is 16.6 Å². The van der Waals surface area contributed by atoms with E-state index < -0.39 is 0 Å². The molecule has 0 spiro atoms. The van der Waals surface area contributed by atoms with E-state index in [9.17, 15) is 4.79 Å². The highest BCUT2D eigenvalue weighted by Crippen LogP contribution is 2.31. The van der Waals surface area contributed by atoms with Crippen LogP contribution in [0.3, 0.4) is 0 Å². The first kappa shape index (κ1) is 15.8. The maximum absolute atomic E-state index is 11.8. The number of benzene rings is 1. The Labute approximate surface area is 132 Å². The Morgan fingerprint density at radius 3 is 2.82 bits per heavy atom. The molecule has 0 atom stereocenters. The molecule has 2 N–H and O–H groups in total. The Balaban J connectivity index is 2.09. The van der Waals surface area contributed by atoms with Crippen molar-refractivity contribution in [2.75, 3.05) is 26.1 Å². The predicted octanol–water partition coefficient (Wildman–Crippen LogP) is 2.82. The van der Waals surface area contributed by atoms with Gasteiger partial charge in [-0.25, -0.2) is 4.98 Å². The number of ether oxygens (including phenoxy) is 2. The standard InChI is InChI=1S/C15H17N3O3S/c1-4-7-16-14(19)11-9-22-15(18-11)17-10-5-6-12(20-2)13(8-10)21-3/h4-6,8-9H,1,7H2,2-3H3,(H,16,19)(H,17,18). The number of amides is 1. The van der Waals surface area contributed by atoms with Crippen molar-refractivity contribution in [3.63, 3.8) is 0 Å². The van der Waals surface area contributed by atoms with E-state index in [1.807, 2.05) is 6.07 Å². The smallest absolute Gasteiger partial charge is 0.271 e. The summed E-state index contributed by atoms with van der Waals surface area (Å²) in [6.45, 7) is 3.96. The summed E-state index contributed by atoms with van der Waals surface area (Å²) in [4.78, 5) is 16.0. The lowest BCUT2D eigenvalue weighted by Gasteiger charge is -2.09. The van der Waals surface area contributed by atoms with E-state index in [4.69, 9.17) is 9.47 Å². The van der Waals surface area contributed by atoms with Gasteiger partial charge in [-0.05, 0) is 12.1 Å². The first-order valence-electron chi connectivity index (χ1n) is 6.51. The lowest BCUT2D eigenvalue weighted by molar-refractivity contribution is 0.0954. The third-order valence-corrected chi connectivity index (χ3v) is 3.54. The molecule has 6 nitrogen and oxygen atoms in total. The molecule has 1 heterocycles. The van der Waals surface area contributed by atoms with Crippen LogP contribution in [0, 0.1) is 0 Å². The third kappa shape index (κ3) is 3.76. The van der Waals surface area contributed by atoms with Gasteiger partial charge in [0.1, 0.15) is 5.69 Å². The van der Waals surface area contributed by atoms with Crippen LogP contribution >= 0.6 is 11.3 Å². The molecule has 0 saturated carbocycles. The number of methoxy groups -OCH3 is 2. The number of carbonyl (C=O) groups excluding carboxylic acids is 1. The normalized spacial score (nSPS) is 9.91. The van der Waals surface area contributed by atoms with Gasteiger partial charge in [-0.1, -0.05) is 6.08 Å². The number of hydrogen-bond acceptors (Lipinski definition) is 6. The summed E-state index contributed by atoms with van der Waals surface area (Å²) in [5, 5.41) is 8.13. The zero-order chi connectivity index (χ0) is 15.9. The summed E-state index contributed by atoms with van der Waals surface area (Å²) >= 11 is 1.35. The van der Waals surface area contributed by atoms with Crippen LogP contribution in [-0.4, -0.2) is 31.7 Å². The highest BCUT2D eigenvalue weighted by atomic mass is 32.1. The number of carbonyl (C=O) groups is 1. The highest BCUT2D eigenvalue weighted by Gasteiger charge is 2.11. The first-order valence-corrected chi connectivity index (χ1v) is 7.39. The Morgan fingerprint density at radius 2 is 2.14 bits per heavy atom. The molecule has 0 saturated heterocycles. The Hall–Kier alpha value is -2.54. The number of thiazole rings is 1. The second kappa shape index (κ2) is 7.46. The summed E-state index contributed by atoms with van der Waals surface area (Å²) in [6.07, 6.45) is 1.62. The quantitative estimate of drug-likeness (QED) is 0.768. The maximum atomic E-state index is 11.8. The highest BCUT2D eigenvalue weighted by molar-refractivity contribution is 7.14. The van der Waals surface area contributed by atoms with E-state index in [0.29, 0.717) is 28.9 Å². The molecule has 22 heavy (non-hydrogen) atoms. The van der Waals surface area contributed by atoms with Gasteiger partial charge in [0.25, 0.3) is 5.91 Å². The van der Waals surface area contributed by atoms with Crippen LogP contribution in [0.4, 0.5) is 10.8 Å². The average Bonchev–Trinajstić information content (AvgIpc) is 3.01. The molecule has 0 fully saturated rings. The van der Waals surface area contributed by atoms with Crippen LogP contribution in [0.25, 0.3) is 0 Å². The lowest BCUT2D eigenvalue weighted by atomic mass is 10.3. The summed E-state index contributed by atoms with van der Waals surface area (Å²) in [5.41, 5.74) is 1.17. The van der Waals surface area contributed by atoms with Gasteiger partial charge < -0.3 is 20.1 Å². The van der Waals surface area contributed by atoms with Gasteiger partial charge >= 0.3 is 0 Å². The van der Waals surface area contributed by atoms with Gasteiger partial charge in [-0.15, -0.1) is 17.9 Å². The number of nitrogens with one attached hydrogen (secondary N) is 2. The van der Waals surface area contributed by atoms with Crippen LogP contribution < -0.4 is 20.1 Å². The third-order valence-electron chi connectivity index (χ3n) is 2.78. The van der Waals surface area contributed by atoms with E-state index in [1.165, 1.54) is 11.3 Å². The van der Waals surface area contributed by atoms with Crippen molar-refractivity contribution in [1.29, 1.82) is 0 Å². The Kier molecular flexibility index (Phi) is 5.37. The number of nitrogens with zero attached hydrogens (tertiary/aromatic N) is 1. The van der Waals surface area contributed by atoms with E-state index in [0.717, 1.165) is 5.69 Å². The molecule has 1 aromatic carbocycles. The zero-order valence-corrected chi connectivity index (χ0v) is 13.2. The number of hydrogen-bond donors (Lipinski definition) is 2. The average molecular weight is 319 g/mol. The van der Waals surface area contributed by atoms with Crippen molar-refractivity contribution < 1.29 is 14.3 Å². The van der Waals surface area contributed by atoms with Crippen molar-refractivity contribution in [1.82, 2.24) is 10.3 Å². The molecular weight excluding hydrogens is 302 g/mol. The minimum Gasteiger partial charge on any atom is -0.493 e. The number of rotatable bonds is 7. The predicted molar refractivity (Wildman–Crippen MR) is 87.5 cm³/mol. The van der Waals surface area contributed by atoms with Crippen LogP contribution in [0.5, 0.6) is 11.5 Å². The van der Waals surface area contributed by atoms with Gasteiger partial charge in [0.2, 0.25) is 0 Å². The molecule has 0 aliphatic rings. The van der Waals surface area contributed by atoms with Crippen molar-refractivity contribution in [3.8, 4) is 11.5 Å². The summed E-state index contributed by atoms with van der Waals surface area (Å²) in [7, 11) is 3.16. The van der Waals surface area contributed by atoms with E-state index >= 15 is 0 Å². The largest absolute Gasteiger partial charge is 0.493 e. The fourth-order valence-corrected chi connectivity index (χ4v) is 2.44.